The molecule has 146 valence electrons. The van der Waals surface area contributed by atoms with Crippen molar-refractivity contribution in [2.45, 2.75) is 19.0 Å². The average molecular weight is 391 g/mol. The third-order valence-corrected chi connectivity index (χ3v) is 4.69. The number of carbonyl (C=O) groups excluding carboxylic acids is 1. The molecule has 1 aliphatic rings. The quantitative estimate of drug-likeness (QED) is 0.738. The molecular formula is C17H16F3N7O. The Morgan fingerprint density at radius 1 is 1.18 bits per heavy atom. The monoisotopic (exact) mass is 391 g/mol. The number of piperidine rings is 1. The van der Waals surface area contributed by atoms with Gasteiger partial charge in [0, 0.05) is 31.7 Å². The van der Waals surface area contributed by atoms with E-state index in [2.05, 4.69) is 25.4 Å². The molecule has 0 unspecified atom stereocenters. The number of hydrogen-bond donors (Lipinski definition) is 1. The van der Waals surface area contributed by atoms with Gasteiger partial charge in [-0.15, -0.1) is 0 Å². The van der Waals surface area contributed by atoms with Crippen LogP contribution in [0.15, 0.2) is 37.1 Å². The van der Waals surface area contributed by atoms with E-state index >= 15 is 0 Å². The van der Waals surface area contributed by atoms with Crippen LogP contribution in [0.1, 0.15) is 23.2 Å². The Bertz CT molecular complexity index is 981. The predicted molar refractivity (Wildman–Crippen MR) is 94.0 cm³/mol. The van der Waals surface area contributed by atoms with E-state index in [0.29, 0.717) is 11.5 Å². The molecule has 0 atom stereocenters. The summed E-state index contributed by atoms with van der Waals surface area (Å²) in [5.74, 6) is -0.925. The van der Waals surface area contributed by atoms with Gasteiger partial charge in [0.2, 0.25) is 0 Å². The van der Waals surface area contributed by atoms with Crippen LogP contribution >= 0.6 is 0 Å². The first kappa shape index (κ1) is 18.1. The summed E-state index contributed by atoms with van der Waals surface area (Å²) in [6.45, 7) is 0.505. The van der Waals surface area contributed by atoms with E-state index in [1.165, 1.54) is 29.3 Å². The highest BCUT2D eigenvalue weighted by Gasteiger charge is 2.41. The minimum Gasteiger partial charge on any atom is -0.356 e. The van der Waals surface area contributed by atoms with E-state index in [4.69, 9.17) is 0 Å². The lowest BCUT2D eigenvalue weighted by molar-refractivity contribution is -0.179. The highest BCUT2D eigenvalue weighted by atomic mass is 19.4. The molecule has 0 aliphatic carbocycles. The van der Waals surface area contributed by atoms with E-state index < -0.39 is 18.0 Å². The first-order valence-corrected chi connectivity index (χ1v) is 8.65. The molecule has 0 spiro atoms. The molecule has 0 aromatic carbocycles. The molecule has 4 rings (SSSR count). The van der Waals surface area contributed by atoms with E-state index in [0.717, 1.165) is 0 Å². The minimum atomic E-state index is -4.17. The second kappa shape index (κ2) is 7.06. The number of halogens is 3. The summed E-state index contributed by atoms with van der Waals surface area (Å²) in [7, 11) is 0. The molecule has 0 saturated carbocycles. The fourth-order valence-corrected chi connectivity index (χ4v) is 3.18. The van der Waals surface area contributed by atoms with Gasteiger partial charge in [-0.1, -0.05) is 0 Å². The van der Waals surface area contributed by atoms with Gasteiger partial charge in [0.1, 0.15) is 11.4 Å². The molecule has 1 aliphatic heterocycles. The van der Waals surface area contributed by atoms with Gasteiger partial charge in [-0.2, -0.15) is 18.3 Å². The van der Waals surface area contributed by atoms with E-state index in [-0.39, 0.29) is 37.3 Å². The van der Waals surface area contributed by atoms with Gasteiger partial charge in [0.05, 0.1) is 18.3 Å². The molecule has 28 heavy (non-hydrogen) atoms. The van der Waals surface area contributed by atoms with Gasteiger partial charge in [0.15, 0.2) is 11.5 Å². The molecule has 1 amide bonds. The fourth-order valence-electron chi connectivity index (χ4n) is 3.18. The van der Waals surface area contributed by atoms with E-state index in [1.807, 2.05) is 0 Å². The first-order valence-electron chi connectivity index (χ1n) is 8.65. The summed E-state index contributed by atoms with van der Waals surface area (Å²) in [4.78, 5) is 26.6. The number of hydrogen-bond acceptors (Lipinski definition) is 6. The number of nitrogens with one attached hydrogen (secondary N) is 1. The van der Waals surface area contributed by atoms with Crippen molar-refractivity contribution in [2.75, 3.05) is 23.3 Å². The second-order valence-electron chi connectivity index (χ2n) is 6.46. The van der Waals surface area contributed by atoms with Crippen LogP contribution in [0.5, 0.6) is 0 Å². The molecule has 1 N–H and O–H groups in total. The van der Waals surface area contributed by atoms with Crippen LogP contribution in [0.25, 0.3) is 5.65 Å². The van der Waals surface area contributed by atoms with Crippen LogP contribution in [0.3, 0.4) is 0 Å². The topological polar surface area (TPSA) is 88.3 Å². The Hall–Kier alpha value is -3.24. The molecule has 0 radical (unpaired) electrons. The Morgan fingerprint density at radius 3 is 2.64 bits per heavy atom. The van der Waals surface area contributed by atoms with Crippen LogP contribution in [-0.4, -0.2) is 49.7 Å². The lowest BCUT2D eigenvalue weighted by Crippen LogP contribution is -2.39. The van der Waals surface area contributed by atoms with Crippen molar-refractivity contribution in [1.82, 2.24) is 24.6 Å². The zero-order valence-corrected chi connectivity index (χ0v) is 14.6. The smallest absolute Gasteiger partial charge is 0.356 e. The lowest BCUT2D eigenvalue weighted by atomic mass is 9.96. The number of fused-ring (bicyclic) bond motifs is 1. The van der Waals surface area contributed by atoms with Crippen LogP contribution in [0.2, 0.25) is 0 Å². The van der Waals surface area contributed by atoms with Gasteiger partial charge in [-0.3, -0.25) is 9.78 Å². The van der Waals surface area contributed by atoms with Crippen LogP contribution in [-0.2, 0) is 0 Å². The Balaban J connectivity index is 1.54. The molecule has 3 aromatic rings. The third kappa shape index (κ3) is 3.59. The Morgan fingerprint density at radius 2 is 1.96 bits per heavy atom. The average Bonchev–Trinajstić information content (AvgIpc) is 3.11. The van der Waals surface area contributed by atoms with Crippen LogP contribution in [0, 0.1) is 5.92 Å². The number of aromatic nitrogens is 5. The predicted octanol–water partition coefficient (Wildman–Crippen LogP) is 2.55. The zero-order valence-electron chi connectivity index (χ0n) is 14.6. The normalized spacial score (nSPS) is 15.8. The van der Waals surface area contributed by atoms with Gasteiger partial charge >= 0.3 is 6.18 Å². The summed E-state index contributed by atoms with van der Waals surface area (Å²) >= 11 is 0. The SMILES string of the molecule is O=C(Nc1cnccn1)c1cnn2ccc(N3CCC(C(F)(F)F)CC3)nc12. The number of carbonyl (C=O) groups is 1. The summed E-state index contributed by atoms with van der Waals surface area (Å²) in [5, 5.41) is 6.72. The molecule has 1 saturated heterocycles. The maximum absolute atomic E-state index is 12.9. The standard InChI is InChI=1S/C17H16F3N7O/c18-17(19,20)11-1-6-26(7-2-11)14-3-8-27-15(25-14)12(9-23-27)16(28)24-13-10-21-4-5-22-13/h3-5,8-11H,1-2,6-7H2,(H,22,24,28). The number of amides is 1. The largest absolute Gasteiger partial charge is 0.391 e. The van der Waals surface area contributed by atoms with E-state index in [9.17, 15) is 18.0 Å². The molecule has 4 heterocycles. The molecule has 1 fully saturated rings. The summed E-state index contributed by atoms with van der Waals surface area (Å²) in [5.41, 5.74) is 0.550. The van der Waals surface area contributed by atoms with Crippen molar-refractivity contribution in [3.05, 3.63) is 42.6 Å². The zero-order chi connectivity index (χ0) is 19.7. The number of rotatable bonds is 3. The van der Waals surface area contributed by atoms with Gasteiger partial charge in [0.25, 0.3) is 5.91 Å². The summed E-state index contributed by atoms with van der Waals surface area (Å²) < 4.78 is 40.0. The van der Waals surface area contributed by atoms with Crippen molar-refractivity contribution in [2.24, 2.45) is 5.92 Å². The van der Waals surface area contributed by atoms with Crippen molar-refractivity contribution >= 4 is 23.2 Å². The van der Waals surface area contributed by atoms with E-state index in [1.54, 1.807) is 17.2 Å². The maximum Gasteiger partial charge on any atom is 0.391 e. The van der Waals surface area contributed by atoms with Crippen molar-refractivity contribution in [1.29, 1.82) is 0 Å². The molecule has 8 nitrogen and oxygen atoms in total. The Labute approximate surface area is 157 Å². The summed E-state index contributed by atoms with van der Waals surface area (Å²) in [6.07, 6.45) is 3.24. The third-order valence-electron chi connectivity index (χ3n) is 4.69. The highest BCUT2D eigenvalue weighted by molar-refractivity contribution is 6.07. The first-order chi connectivity index (χ1) is 13.4. The number of anilines is 2. The highest BCUT2D eigenvalue weighted by Crippen LogP contribution is 2.35. The van der Waals surface area contributed by atoms with Gasteiger partial charge in [-0.25, -0.2) is 14.5 Å². The minimum absolute atomic E-state index is 0.0235. The van der Waals surface area contributed by atoms with Crippen molar-refractivity contribution in [3.63, 3.8) is 0 Å². The molecule has 11 heteroatoms. The summed E-state index contributed by atoms with van der Waals surface area (Å²) in [6, 6.07) is 1.68. The van der Waals surface area contributed by atoms with Crippen molar-refractivity contribution in [3.8, 4) is 0 Å². The fraction of sp³-hybridized carbons (Fsp3) is 0.353. The molecule has 3 aromatic heterocycles. The molecular weight excluding hydrogens is 375 g/mol. The number of nitrogens with zero attached hydrogens (tertiary/aromatic N) is 6. The second-order valence-corrected chi connectivity index (χ2v) is 6.46. The lowest BCUT2D eigenvalue weighted by Gasteiger charge is -2.33. The van der Waals surface area contributed by atoms with Crippen molar-refractivity contribution < 1.29 is 18.0 Å². The maximum atomic E-state index is 12.9. The van der Waals surface area contributed by atoms with Crippen LogP contribution in [0.4, 0.5) is 24.8 Å². The van der Waals surface area contributed by atoms with Gasteiger partial charge < -0.3 is 10.2 Å². The van der Waals surface area contributed by atoms with Crippen LogP contribution < -0.4 is 10.2 Å². The molecule has 0 bridgehead atoms. The number of alkyl halides is 3. The van der Waals surface area contributed by atoms with Gasteiger partial charge in [-0.05, 0) is 18.9 Å². The Kier molecular flexibility index (Phi) is 4.57.